The number of carbonyl (C=O) groups excluding carboxylic acids is 1. The minimum Gasteiger partial charge on any atom is -0.497 e. The van der Waals surface area contributed by atoms with Crippen LogP contribution in [-0.2, 0) is 6.42 Å². The van der Waals surface area contributed by atoms with Crippen LogP contribution in [0, 0.1) is 5.82 Å². The lowest BCUT2D eigenvalue weighted by molar-refractivity contribution is 0.0954. The molecule has 0 unspecified atom stereocenters. The van der Waals surface area contributed by atoms with Gasteiger partial charge in [0, 0.05) is 31.7 Å². The van der Waals surface area contributed by atoms with Gasteiger partial charge in [-0.2, -0.15) is 0 Å². The highest BCUT2D eigenvalue weighted by Crippen LogP contribution is 2.11. The predicted molar refractivity (Wildman–Crippen MR) is 109 cm³/mol. The first-order valence-corrected chi connectivity index (χ1v) is 9.32. The Hall–Kier alpha value is -3.09. The Labute approximate surface area is 165 Å². The summed E-state index contributed by atoms with van der Waals surface area (Å²) in [6, 6.07) is 13.6. The van der Waals surface area contributed by atoms with Gasteiger partial charge in [0.05, 0.1) is 7.11 Å². The predicted octanol–water partition coefficient (Wildman–Crippen LogP) is 2.36. The van der Waals surface area contributed by atoms with Crippen LogP contribution < -0.4 is 20.7 Å². The van der Waals surface area contributed by atoms with E-state index in [0.717, 1.165) is 0 Å². The highest BCUT2D eigenvalue weighted by atomic mass is 19.1. The SMILES string of the molecule is CCNC(=NCCc1ccccc1F)NCCNC(=O)c1ccc(OC)cc1. The van der Waals surface area contributed by atoms with E-state index in [-0.39, 0.29) is 11.7 Å². The van der Waals surface area contributed by atoms with Crippen LogP contribution in [0.2, 0.25) is 0 Å². The van der Waals surface area contributed by atoms with Crippen LogP contribution in [0.1, 0.15) is 22.8 Å². The fourth-order valence-corrected chi connectivity index (χ4v) is 2.53. The van der Waals surface area contributed by atoms with Crippen LogP contribution >= 0.6 is 0 Å². The molecule has 0 saturated heterocycles. The first-order chi connectivity index (χ1) is 13.6. The average molecular weight is 386 g/mol. The van der Waals surface area contributed by atoms with Gasteiger partial charge in [-0.05, 0) is 49.2 Å². The number of hydrogen-bond donors (Lipinski definition) is 3. The van der Waals surface area contributed by atoms with Gasteiger partial charge in [0.15, 0.2) is 5.96 Å². The lowest BCUT2D eigenvalue weighted by Crippen LogP contribution is -2.41. The molecular formula is C21H27FN4O2. The summed E-state index contributed by atoms with van der Waals surface area (Å²) in [5.41, 5.74) is 1.22. The lowest BCUT2D eigenvalue weighted by Gasteiger charge is -2.12. The first-order valence-electron chi connectivity index (χ1n) is 9.32. The number of guanidine groups is 1. The number of aliphatic imine (C=N–C) groups is 1. The second-order valence-corrected chi connectivity index (χ2v) is 6.01. The maximum atomic E-state index is 13.6. The van der Waals surface area contributed by atoms with Crippen molar-refractivity contribution in [3.63, 3.8) is 0 Å². The molecule has 6 nitrogen and oxygen atoms in total. The van der Waals surface area contributed by atoms with Crippen molar-refractivity contribution in [3.8, 4) is 5.75 Å². The number of amides is 1. The molecule has 2 aromatic carbocycles. The Morgan fingerprint density at radius 2 is 1.75 bits per heavy atom. The zero-order valence-electron chi connectivity index (χ0n) is 16.3. The van der Waals surface area contributed by atoms with Crippen LogP contribution in [0.3, 0.4) is 0 Å². The zero-order chi connectivity index (χ0) is 20.2. The molecular weight excluding hydrogens is 359 g/mol. The van der Waals surface area contributed by atoms with Gasteiger partial charge in [0.2, 0.25) is 0 Å². The van der Waals surface area contributed by atoms with E-state index in [4.69, 9.17) is 4.74 Å². The Morgan fingerprint density at radius 1 is 1.04 bits per heavy atom. The van der Waals surface area contributed by atoms with E-state index in [1.54, 1.807) is 43.5 Å². The van der Waals surface area contributed by atoms with E-state index in [1.807, 2.05) is 13.0 Å². The minimum absolute atomic E-state index is 0.147. The largest absolute Gasteiger partial charge is 0.497 e. The molecule has 0 spiro atoms. The second kappa shape index (κ2) is 11.6. The van der Waals surface area contributed by atoms with Gasteiger partial charge in [0.1, 0.15) is 11.6 Å². The van der Waals surface area contributed by atoms with Crippen LogP contribution in [0.5, 0.6) is 5.75 Å². The zero-order valence-corrected chi connectivity index (χ0v) is 16.3. The molecule has 28 heavy (non-hydrogen) atoms. The summed E-state index contributed by atoms with van der Waals surface area (Å²) < 4.78 is 18.7. The number of carbonyl (C=O) groups is 1. The average Bonchev–Trinajstić information content (AvgIpc) is 2.72. The number of hydrogen-bond acceptors (Lipinski definition) is 3. The van der Waals surface area contributed by atoms with E-state index in [0.29, 0.717) is 55.4 Å². The molecule has 0 atom stereocenters. The third kappa shape index (κ3) is 6.90. The van der Waals surface area contributed by atoms with Gasteiger partial charge in [-0.15, -0.1) is 0 Å². The Morgan fingerprint density at radius 3 is 2.43 bits per heavy atom. The number of halogens is 1. The molecule has 2 aromatic rings. The van der Waals surface area contributed by atoms with Gasteiger partial charge in [-0.1, -0.05) is 18.2 Å². The fraction of sp³-hybridized carbons (Fsp3) is 0.333. The van der Waals surface area contributed by atoms with Crippen molar-refractivity contribution in [2.75, 3.05) is 33.3 Å². The van der Waals surface area contributed by atoms with Crippen molar-refractivity contribution in [1.82, 2.24) is 16.0 Å². The van der Waals surface area contributed by atoms with E-state index >= 15 is 0 Å². The van der Waals surface area contributed by atoms with Crippen molar-refractivity contribution >= 4 is 11.9 Å². The van der Waals surface area contributed by atoms with Gasteiger partial charge in [-0.3, -0.25) is 9.79 Å². The summed E-state index contributed by atoms with van der Waals surface area (Å²) >= 11 is 0. The molecule has 0 saturated carbocycles. The highest BCUT2D eigenvalue weighted by Gasteiger charge is 2.05. The number of ether oxygens (including phenoxy) is 1. The monoisotopic (exact) mass is 386 g/mol. The van der Waals surface area contributed by atoms with Crippen LogP contribution in [0.25, 0.3) is 0 Å². The van der Waals surface area contributed by atoms with Crippen molar-refractivity contribution < 1.29 is 13.9 Å². The van der Waals surface area contributed by atoms with Crippen molar-refractivity contribution in [1.29, 1.82) is 0 Å². The smallest absolute Gasteiger partial charge is 0.251 e. The molecule has 0 aliphatic heterocycles. The van der Waals surface area contributed by atoms with Crippen LogP contribution in [0.4, 0.5) is 4.39 Å². The van der Waals surface area contributed by atoms with Crippen molar-refractivity contribution in [2.24, 2.45) is 4.99 Å². The maximum absolute atomic E-state index is 13.6. The molecule has 0 aromatic heterocycles. The Bertz CT molecular complexity index is 778. The number of benzene rings is 2. The molecule has 3 N–H and O–H groups in total. The summed E-state index contributed by atoms with van der Waals surface area (Å²) in [7, 11) is 1.58. The number of rotatable bonds is 9. The molecule has 150 valence electrons. The number of nitrogens with zero attached hydrogens (tertiary/aromatic N) is 1. The van der Waals surface area contributed by atoms with E-state index in [9.17, 15) is 9.18 Å². The normalized spacial score (nSPS) is 11.0. The summed E-state index contributed by atoms with van der Waals surface area (Å²) in [5.74, 6) is 0.987. The van der Waals surface area contributed by atoms with E-state index in [1.165, 1.54) is 6.07 Å². The van der Waals surface area contributed by atoms with Gasteiger partial charge in [-0.25, -0.2) is 4.39 Å². The highest BCUT2D eigenvalue weighted by molar-refractivity contribution is 5.94. The van der Waals surface area contributed by atoms with Gasteiger partial charge in [0.25, 0.3) is 5.91 Å². The van der Waals surface area contributed by atoms with Crippen LogP contribution in [-0.4, -0.2) is 45.2 Å². The molecule has 1 amide bonds. The molecule has 0 radical (unpaired) electrons. The summed E-state index contributed by atoms with van der Waals surface area (Å²) in [5, 5.41) is 9.14. The van der Waals surface area contributed by atoms with E-state index in [2.05, 4.69) is 20.9 Å². The lowest BCUT2D eigenvalue weighted by atomic mass is 10.1. The molecule has 0 heterocycles. The fourth-order valence-electron chi connectivity index (χ4n) is 2.53. The molecule has 0 aliphatic carbocycles. The standard InChI is InChI=1S/C21H27FN4O2/c1-3-23-21(25-13-12-16-6-4-5-7-19(16)22)26-15-14-24-20(27)17-8-10-18(28-2)11-9-17/h4-11H,3,12-15H2,1-2H3,(H,24,27)(H2,23,25,26). The topological polar surface area (TPSA) is 74.8 Å². The molecule has 0 fully saturated rings. The third-order valence-corrected chi connectivity index (χ3v) is 4.01. The Kier molecular flexibility index (Phi) is 8.78. The molecule has 0 aliphatic rings. The molecule has 7 heteroatoms. The summed E-state index contributed by atoms with van der Waals surface area (Å²) in [4.78, 5) is 16.6. The van der Waals surface area contributed by atoms with Crippen molar-refractivity contribution in [3.05, 3.63) is 65.5 Å². The van der Waals surface area contributed by atoms with E-state index < -0.39 is 0 Å². The summed E-state index contributed by atoms with van der Waals surface area (Å²) in [6.07, 6.45) is 0.525. The summed E-state index contributed by atoms with van der Waals surface area (Å²) in [6.45, 7) is 4.12. The molecule has 0 bridgehead atoms. The van der Waals surface area contributed by atoms with Gasteiger partial charge < -0.3 is 20.7 Å². The van der Waals surface area contributed by atoms with Crippen molar-refractivity contribution in [2.45, 2.75) is 13.3 Å². The second-order valence-electron chi connectivity index (χ2n) is 6.01. The van der Waals surface area contributed by atoms with Crippen LogP contribution in [0.15, 0.2) is 53.5 Å². The molecule has 2 rings (SSSR count). The number of methoxy groups -OCH3 is 1. The first kappa shape index (κ1) is 21.2. The maximum Gasteiger partial charge on any atom is 0.251 e. The quantitative estimate of drug-likeness (QED) is 0.351. The Balaban J connectivity index is 1.75. The minimum atomic E-state index is -0.211. The third-order valence-electron chi connectivity index (χ3n) is 4.01. The number of nitrogens with one attached hydrogen (secondary N) is 3. The van der Waals surface area contributed by atoms with Gasteiger partial charge >= 0.3 is 0 Å².